The lowest BCUT2D eigenvalue weighted by molar-refractivity contribution is -0.139. The number of nitrogens with zero attached hydrogens (tertiary/aromatic N) is 1. The minimum Gasteiger partial charge on any atom is -0.497 e. The molecule has 1 fully saturated rings. The first-order chi connectivity index (χ1) is 13.7. The normalized spacial score (nSPS) is 16.5. The van der Waals surface area contributed by atoms with E-state index in [0.29, 0.717) is 32.5 Å². The van der Waals surface area contributed by atoms with Gasteiger partial charge < -0.3 is 19.7 Å². The summed E-state index contributed by atoms with van der Waals surface area (Å²) in [6.07, 6.45) is 0.845. The second-order valence-corrected chi connectivity index (χ2v) is 6.73. The Morgan fingerprint density at radius 2 is 1.89 bits per heavy atom. The summed E-state index contributed by atoms with van der Waals surface area (Å²) in [4.78, 5) is 26.3. The maximum Gasteiger partial charge on any atom is 0.242 e. The third kappa shape index (κ3) is 5.57. The zero-order valence-corrected chi connectivity index (χ0v) is 16.1. The van der Waals surface area contributed by atoms with Crippen LogP contribution in [0.2, 0.25) is 0 Å². The molecule has 1 unspecified atom stereocenters. The summed E-state index contributed by atoms with van der Waals surface area (Å²) in [5, 5.41) is 2.73. The quantitative estimate of drug-likeness (QED) is 0.798. The standard InChI is InChI=1S/C22H26N2O4/c1-27-19-10-7-17(8-11-19)9-12-21(25)23-15-22(26)24-13-14-28-20(16-24)18-5-3-2-4-6-18/h2-8,10-11,20H,9,12-16H2,1H3,(H,23,25). The molecule has 1 N–H and O–H groups in total. The van der Waals surface area contributed by atoms with Gasteiger partial charge in [0.05, 0.1) is 26.8 Å². The molecule has 2 amide bonds. The smallest absolute Gasteiger partial charge is 0.242 e. The molecule has 148 valence electrons. The average molecular weight is 382 g/mol. The van der Waals surface area contributed by atoms with Crippen molar-refractivity contribution < 1.29 is 19.1 Å². The van der Waals surface area contributed by atoms with Gasteiger partial charge in [-0.3, -0.25) is 9.59 Å². The number of amides is 2. The Kier molecular flexibility index (Phi) is 7.03. The Morgan fingerprint density at radius 3 is 2.61 bits per heavy atom. The molecule has 6 heteroatoms. The Hall–Kier alpha value is -2.86. The van der Waals surface area contributed by atoms with Gasteiger partial charge in [0.25, 0.3) is 0 Å². The Bertz CT molecular complexity index is 777. The number of rotatable bonds is 7. The van der Waals surface area contributed by atoms with Crippen molar-refractivity contribution in [2.45, 2.75) is 18.9 Å². The molecule has 28 heavy (non-hydrogen) atoms. The number of carbonyl (C=O) groups is 2. The van der Waals surface area contributed by atoms with Crippen molar-refractivity contribution in [2.24, 2.45) is 0 Å². The minimum absolute atomic E-state index is 0.0168. The Labute approximate surface area is 165 Å². The zero-order chi connectivity index (χ0) is 19.8. The van der Waals surface area contributed by atoms with Gasteiger partial charge in [0, 0.05) is 13.0 Å². The third-order valence-corrected chi connectivity index (χ3v) is 4.83. The molecule has 0 saturated carbocycles. The maximum absolute atomic E-state index is 12.5. The lowest BCUT2D eigenvalue weighted by Gasteiger charge is -2.33. The van der Waals surface area contributed by atoms with Gasteiger partial charge in [-0.2, -0.15) is 0 Å². The van der Waals surface area contributed by atoms with Gasteiger partial charge in [0.2, 0.25) is 11.8 Å². The molecule has 6 nitrogen and oxygen atoms in total. The number of carbonyl (C=O) groups excluding carboxylic acids is 2. The minimum atomic E-state index is -0.128. The van der Waals surface area contributed by atoms with E-state index >= 15 is 0 Å². The molecule has 1 heterocycles. The van der Waals surface area contributed by atoms with Crippen LogP contribution in [-0.4, -0.2) is 50.1 Å². The second-order valence-electron chi connectivity index (χ2n) is 6.73. The van der Waals surface area contributed by atoms with Gasteiger partial charge in [-0.05, 0) is 29.7 Å². The number of morpholine rings is 1. The van der Waals surface area contributed by atoms with Crippen LogP contribution in [0, 0.1) is 0 Å². The van der Waals surface area contributed by atoms with Crippen molar-refractivity contribution in [2.75, 3.05) is 33.4 Å². The Balaban J connectivity index is 1.42. The zero-order valence-electron chi connectivity index (χ0n) is 16.1. The van der Waals surface area contributed by atoms with Crippen LogP contribution in [0.3, 0.4) is 0 Å². The lowest BCUT2D eigenvalue weighted by atomic mass is 10.1. The van der Waals surface area contributed by atoms with Crippen LogP contribution >= 0.6 is 0 Å². The first-order valence-corrected chi connectivity index (χ1v) is 9.49. The lowest BCUT2D eigenvalue weighted by Crippen LogP contribution is -2.46. The predicted molar refractivity (Wildman–Crippen MR) is 106 cm³/mol. The highest BCUT2D eigenvalue weighted by Gasteiger charge is 2.25. The molecule has 2 aromatic rings. The van der Waals surface area contributed by atoms with Gasteiger partial charge >= 0.3 is 0 Å². The van der Waals surface area contributed by atoms with Gasteiger partial charge in [0.1, 0.15) is 11.9 Å². The summed E-state index contributed by atoms with van der Waals surface area (Å²) in [7, 11) is 1.62. The Morgan fingerprint density at radius 1 is 1.14 bits per heavy atom. The molecule has 0 aromatic heterocycles. The van der Waals surface area contributed by atoms with Crippen molar-refractivity contribution in [3.8, 4) is 5.75 Å². The molecule has 0 spiro atoms. The number of hydrogen-bond donors (Lipinski definition) is 1. The molecule has 1 aliphatic rings. The van der Waals surface area contributed by atoms with Gasteiger partial charge in [-0.15, -0.1) is 0 Å². The molecule has 1 saturated heterocycles. The van der Waals surface area contributed by atoms with Crippen LogP contribution in [0.1, 0.15) is 23.7 Å². The summed E-state index contributed by atoms with van der Waals surface area (Å²) >= 11 is 0. The molecular formula is C22H26N2O4. The highest BCUT2D eigenvalue weighted by molar-refractivity contribution is 5.84. The molecule has 3 rings (SSSR count). The van der Waals surface area contributed by atoms with Crippen LogP contribution < -0.4 is 10.1 Å². The molecule has 0 bridgehead atoms. The number of ether oxygens (including phenoxy) is 2. The van der Waals surface area contributed by atoms with E-state index in [2.05, 4.69) is 5.32 Å². The number of nitrogens with one attached hydrogen (secondary N) is 1. The largest absolute Gasteiger partial charge is 0.497 e. The maximum atomic E-state index is 12.5. The van der Waals surface area contributed by atoms with Gasteiger partial charge in [-0.25, -0.2) is 0 Å². The SMILES string of the molecule is COc1ccc(CCC(=O)NCC(=O)N2CCOC(c3ccccc3)C2)cc1. The van der Waals surface area contributed by atoms with Crippen LogP contribution in [0.25, 0.3) is 0 Å². The first-order valence-electron chi connectivity index (χ1n) is 9.49. The van der Waals surface area contributed by atoms with E-state index in [1.165, 1.54) is 0 Å². The highest BCUT2D eigenvalue weighted by Crippen LogP contribution is 2.21. The van der Waals surface area contributed by atoms with Crippen LogP contribution in [0.4, 0.5) is 0 Å². The molecular weight excluding hydrogens is 356 g/mol. The van der Waals surface area contributed by atoms with E-state index in [1.54, 1.807) is 12.0 Å². The number of hydrogen-bond acceptors (Lipinski definition) is 4. The molecule has 0 radical (unpaired) electrons. The second kappa shape index (κ2) is 9.90. The summed E-state index contributed by atoms with van der Waals surface area (Å²) in [5.41, 5.74) is 2.12. The number of methoxy groups -OCH3 is 1. The average Bonchev–Trinajstić information content (AvgIpc) is 2.77. The molecule has 1 atom stereocenters. The van der Waals surface area contributed by atoms with E-state index < -0.39 is 0 Å². The van der Waals surface area contributed by atoms with Crippen molar-refractivity contribution in [3.63, 3.8) is 0 Å². The van der Waals surface area contributed by atoms with E-state index in [0.717, 1.165) is 16.9 Å². The summed E-state index contributed by atoms with van der Waals surface area (Å²) in [5.74, 6) is 0.581. The van der Waals surface area contributed by atoms with E-state index in [-0.39, 0.29) is 24.5 Å². The fraction of sp³-hybridized carbons (Fsp3) is 0.364. The number of benzene rings is 2. The van der Waals surface area contributed by atoms with E-state index in [9.17, 15) is 9.59 Å². The first kappa shape index (κ1) is 19.9. The third-order valence-electron chi connectivity index (χ3n) is 4.83. The van der Waals surface area contributed by atoms with Crippen LogP contribution in [-0.2, 0) is 20.7 Å². The monoisotopic (exact) mass is 382 g/mol. The fourth-order valence-corrected chi connectivity index (χ4v) is 3.17. The van der Waals surface area contributed by atoms with E-state index in [4.69, 9.17) is 9.47 Å². The van der Waals surface area contributed by atoms with Crippen molar-refractivity contribution in [1.29, 1.82) is 0 Å². The van der Waals surface area contributed by atoms with E-state index in [1.807, 2.05) is 54.6 Å². The summed E-state index contributed by atoms with van der Waals surface area (Å²) < 4.78 is 10.9. The number of aryl methyl sites for hydroxylation is 1. The highest BCUT2D eigenvalue weighted by atomic mass is 16.5. The van der Waals surface area contributed by atoms with Gasteiger partial charge in [0.15, 0.2) is 0 Å². The molecule has 0 aliphatic carbocycles. The van der Waals surface area contributed by atoms with Gasteiger partial charge in [-0.1, -0.05) is 42.5 Å². The van der Waals surface area contributed by atoms with Crippen LogP contribution in [0.5, 0.6) is 5.75 Å². The van der Waals surface area contributed by atoms with Crippen molar-refractivity contribution in [1.82, 2.24) is 10.2 Å². The van der Waals surface area contributed by atoms with Crippen LogP contribution in [0.15, 0.2) is 54.6 Å². The van der Waals surface area contributed by atoms with Crippen molar-refractivity contribution in [3.05, 3.63) is 65.7 Å². The predicted octanol–water partition coefficient (Wildman–Crippen LogP) is 2.34. The van der Waals surface area contributed by atoms with Crippen molar-refractivity contribution >= 4 is 11.8 Å². The summed E-state index contributed by atoms with van der Waals surface area (Å²) in [6.45, 7) is 1.56. The molecule has 2 aromatic carbocycles. The summed E-state index contributed by atoms with van der Waals surface area (Å²) in [6, 6.07) is 17.5. The molecule has 1 aliphatic heterocycles. The topological polar surface area (TPSA) is 67.9 Å². The fourth-order valence-electron chi connectivity index (χ4n) is 3.17.